The Morgan fingerprint density at radius 3 is 2.56 bits per heavy atom. The van der Waals surface area contributed by atoms with E-state index in [0.717, 1.165) is 43.9 Å². The molecule has 1 saturated carbocycles. The van der Waals surface area contributed by atoms with Gasteiger partial charge >= 0.3 is 15.5 Å². The van der Waals surface area contributed by atoms with Crippen molar-refractivity contribution in [2.75, 3.05) is 11.4 Å². The molecule has 0 spiro atoms. The van der Waals surface area contributed by atoms with Crippen molar-refractivity contribution >= 4 is 15.7 Å². The number of anilines is 1. The summed E-state index contributed by atoms with van der Waals surface area (Å²) < 4.78 is 79.5. The third-order valence-corrected chi connectivity index (χ3v) is 8.01. The number of fused-ring (bicyclic) bond motifs is 1. The van der Waals surface area contributed by atoms with E-state index in [2.05, 4.69) is 9.97 Å². The van der Waals surface area contributed by atoms with Crippen LogP contribution in [0, 0.1) is 11.7 Å². The molecule has 2 aliphatic rings. The van der Waals surface area contributed by atoms with E-state index in [9.17, 15) is 26.0 Å². The van der Waals surface area contributed by atoms with E-state index in [1.165, 1.54) is 18.5 Å². The highest BCUT2D eigenvalue weighted by Crippen LogP contribution is 2.37. The molecule has 1 aromatic carbocycles. The van der Waals surface area contributed by atoms with E-state index in [0.29, 0.717) is 28.9 Å². The molecule has 6 nitrogen and oxygen atoms in total. The molecule has 2 heterocycles. The van der Waals surface area contributed by atoms with E-state index >= 15 is 0 Å². The van der Waals surface area contributed by atoms with Crippen molar-refractivity contribution in [1.82, 2.24) is 14.3 Å². The van der Waals surface area contributed by atoms with Crippen molar-refractivity contribution in [2.45, 2.75) is 63.2 Å². The summed E-state index contributed by atoms with van der Waals surface area (Å²) in [6, 6.07) is 3.39. The summed E-state index contributed by atoms with van der Waals surface area (Å²) in [6.07, 6.45) is 8.92. The predicted octanol–water partition coefficient (Wildman–Crippen LogP) is 4.56. The lowest BCUT2D eigenvalue weighted by Gasteiger charge is -2.34. The van der Waals surface area contributed by atoms with Gasteiger partial charge in [0.1, 0.15) is 5.82 Å². The van der Waals surface area contributed by atoms with E-state index in [1.807, 2.05) is 4.90 Å². The zero-order valence-electron chi connectivity index (χ0n) is 17.5. The number of benzene rings is 1. The maximum absolute atomic E-state index is 14.0. The molecule has 0 bridgehead atoms. The number of nitrogens with zero attached hydrogens (tertiary/aromatic N) is 3. The molecule has 32 heavy (non-hydrogen) atoms. The van der Waals surface area contributed by atoms with Crippen molar-refractivity contribution in [1.29, 1.82) is 0 Å². The predicted molar refractivity (Wildman–Crippen MR) is 112 cm³/mol. The lowest BCUT2D eigenvalue weighted by Crippen LogP contribution is -2.47. The molecule has 1 atom stereocenters. The Hall–Kier alpha value is -2.14. The first kappa shape index (κ1) is 23.0. The summed E-state index contributed by atoms with van der Waals surface area (Å²) in [5.41, 5.74) is -3.94. The second-order valence-electron chi connectivity index (χ2n) is 8.60. The van der Waals surface area contributed by atoms with Gasteiger partial charge < -0.3 is 9.88 Å². The van der Waals surface area contributed by atoms with Crippen molar-refractivity contribution in [3.8, 4) is 0 Å². The molecule has 0 saturated heterocycles. The first-order valence-electron chi connectivity index (χ1n) is 10.7. The van der Waals surface area contributed by atoms with Gasteiger partial charge in [0.25, 0.3) is 0 Å². The van der Waals surface area contributed by atoms with E-state index in [1.54, 1.807) is 6.20 Å². The van der Waals surface area contributed by atoms with Gasteiger partial charge in [-0.2, -0.15) is 17.5 Å². The largest absolute Gasteiger partial charge is 0.511 e. The molecule has 4 rings (SSSR count). The number of halogens is 4. The van der Waals surface area contributed by atoms with Crippen LogP contribution in [0.2, 0.25) is 0 Å². The lowest BCUT2D eigenvalue weighted by molar-refractivity contribution is -0.0492. The fraction of sp³-hybridized carbons (Fsp3) is 0.571. The van der Waals surface area contributed by atoms with Crippen LogP contribution >= 0.6 is 0 Å². The maximum atomic E-state index is 14.0. The number of imidazole rings is 1. The van der Waals surface area contributed by atoms with E-state index < -0.39 is 33.9 Å². The van der Waals surface area contributed by atoms with Gasteiger partial charge in [-0.3, -0.25) is 0 Å². The second kappa shape index (κ2) is 9.01. The van der Waals surface area contributed by atoms with Gasteiger partial charge in [-0.15, -0.1) is 0 Å². The number of aromatic nitrogens is 2. The van der Waals surface area contributed by atoms with Gasteiger partial charge in [0.15, 0.2) is 0 Å². The standard InChI is InChI=1S/C21H26F4N4O2S/c22-17-6-8-20-16(9-17)11-28(32(30,31)21(23,24)25)13-19(7-5-15-3-1-2-4-15)29(20)12-18-10-26-14-27-18/h6,8-10,14-15,19H,1-5,7,11-13H2,(H,26,27)/t19-/m1/s1. The van der Waals surface area contributed by atoms with Crippen LogP contribution in [-0.2, 0) is 23.1 Å². The van der Waals surface area contributed by atoms with Gasteiger partial charge in [0.05, 0.1) is 18.6 Å². The number of nitrogens with one attached hydrogen (secondary N) is 1. The van der Waals surface area contributed by atoms with Gasteiger partial charge in [-0.25, -0.2) is 17.8 Å². The molecule has 1 aromatic heterocycles. The Morgan fingerprint density at radius 2 is 1.91 bits per heavy atom. The average molecular weight is 475 g/mol. The molecule has 0 amide bonds. The number of H-pyrrole nitrogens is 1. The molecule has 0 unspecified atom stereocenters. The molecule has 11 heteroatoms. The maximum Gasteiger partial charge on any atom is 0.511 e. The average Bonchev–Trinajstić information content (AvgIpc) is 3.40. The molecule has 1 aliphatic heterocycles. The molecule has 1 fully saturated rings. The third-order valence-electron chi connectivity index (χ3n) is 6.46. The van der Waals surface area contributed by atoms with E-state index in [4.69, 9.17) is 0 Å². The Morgan fingerprint density at radius 1 is 1.16 bits per heavy atom. The molecular formula is C21H26F4N4O2S. The minimum absolute atomic E-state index is 0.209. The monoisotopic (exact) mass is 474 g/mol. The van der Waals surface area contributed by atoms with Crippen molar-refractivity contribution in [3.05, 3.63) is 47.8 Å². The first-order chi connectivity index (χ1) is 15.1. The smallest absolute Gasteiger partial charge is 0.361 e. The lowest BCUT2D eigenvalue weighted by atomic mass is 9.97. The number of rotatable bonds is 6. The Labute approximate surface area is 184 Å². The van der Waals surface area contributed by atoms with Gasteiger partial charge in [-0.1, -0.05) is 25.7 Å². The van der Waals surface area contributed by atoms with E-state index in [-0.39, 0.29) is 12.1 Å². The Balaban J connectivity index is 1.73. The number of alkyl halides is 3. The zero-order chi connectivity index (χ0) is 22.9. The molecule has 2 aromatic rings. The summed E-state index contributed by atoms with van der Waals surface area (Å²) in [5, 5.41) is 0. The molecular weight excluding hydrogens is 448 g/mol. The topological polar surface area (TPSA) is 69.3 Å². The quantitative estimate of drug-likeness (QED) is 0.624. The summed E-state index contributed by atoms with van der Waals surface area (Å²) in [4.78, 5) is 8.89. The first-order valence-corrected chi connectivity index (χ1v) is 12.2. The van der Waals surface area contributed by atoms with Crippen LogP contribution in [0.5, 0.6) is 0 Å². The number of hydrogen-bond donors (Lipinski definition) is 1. The van der Waals surface area contributed by atoms with Crippen LogP contribution in [0.25, 0.3) is 0 Å². The summed E-state index contributed by atoms with van der Waals surface area (Å²) in [6.45, 7) is -0.554. The minimum atomic E-state index is -5.57. The molecule has 1 aliphatic carbocycles. The zero-order valence-corrected chi connectivity index (χ0v) is 18.3. The van der Waals surface area contributed by atoms with Crippen LogP contribution in [0.4, 0.5) is 23.2 Å². The Kier molecular flexibility index (Phi) is 6.49. The van der Waals surface area contributed by atoms with Gasteiger partial charge in [-0.05, 0) is 42.5 Å². The van der Waals surface area contributed by atoms with Crippen LogP contribution in [0.3, 0.4) is 0 Å². The fourth-order valence-electron chi connectivity index (χ4n) is 4.82. The summed E-state index contributed by atoms with van der Waals surface area (Å²) >= 11 is 0. The number of sulfonamides is 1. The summed E-state index contributed by atoms with van der Waals surface area (Å²) in [7, 11) is -5.57. The van der Waals surface area contributed by atoms with Crippen molar-refractivity contribution in [2.24, 2.45) is 5.92 Å². The van der Waals surface area contributed by atoms with Gasteiger partial charge in [0.2, 0.25) is 0 Å². The molecule has 176 valence electrons. The van der Waals surface area contributed by atoms with Crippen LogP contribution < -0.4 is 4.90 Å². The SMILES string of the molecule is O=S(=O)(N1Cc2cc(F)ccc2N(Cc2cnc[nH]2)[C@H](CCC2CCCC2)C1)C(F)(F)F. The normalized spacial score (nSPS) is 21.0. The Bertz CT molecular complexity index is 1020. The minimum Gasteiger partial charge on any atom is -0.361 e. The fourth-order valence-corrected chi connectivity index (χ4v) is 5.79. The van der Waals surface area contributed by atoms with Crippen LogP contribution in [0.1, 0.15) is 49.8 Å². The highest BCUT2D eigenvalue weighted by Gasteiger charge is 2.51. The van der Waals surface area contributed by atoms with Crippen LogP contribution in [0.15, 0.2) is 30.7 Å². The van der Waals surface area contributed by atoms with Crippen LogP contribution in [-0.4, -0.2) is 40.8 Å². The third kappa shape index (κ3) is 4.78. The summed E-state index contributed by atoms with van der Waals surface area (Å²) in [5.74, 6) is -0.133. The van der Waals surface area contributed by atoms with Crippen molar-refractivity contribution < 1.29 is 26.0 Å². The highest BCUT2D eigenvalue weighted by atomic mass is 32.2. The molecule has 1 N–H and O–H groups in total. The van der Waals surface area contributed by atoms with Crippen molar-refractivity contribution in [3.63, 3.8) is 0 Å². The van der Waals surface area contributed by atoms with Gasteiger partial charge in [0, 0.05) is 31.0 Å². The highest BCUT2D eigenvalue weighted by molar-refractivity contribution is 7.89. The number of hydrogen-bond acceptors (Lipinski definition) is 4. The second-order valence-corrected chi connectivity index (χ2v) is 10.5. The molecule has 0 radical (unpaired) electrons. The number of aromatic amines is 1.